The van der Waals surface area contributed by atoms with Gasteiger partial charge < -0.3 is 4.42 Å². The molecule has 31 heavy (non-hydrogen) atoms. The largest absolute Gasteiger partial charge is 0.461 e. The fraction of sp³-hybridized carbons (Fsp3) is 0.179. The minimum atomic E-state index is 0.0458. The van der Waals surface area contributed by atoms with Crippen LogP contribution in [0.5, 0.6) is 0 Å². The molecule has 0 saturated carbocycles. The molecule has 152 valence electrons. The maximum atomic E-state index is 5.88. The standard InChI is InChI=1S/C28H23NOS/c1-16-13-22-24(30-16)10-9-20-21-11-12-29-25(27(21)31-26(20)22)18-14-17-7-5-6-8-19(17)23(15-18)28(2,3)4/h5-15H,1-4H3. The molecule has 0 saturated heterocycles. The van der Waals surface area contributed by atoms with Crippen LogP contribution in [0.25, 0.3) is 53.2 Å². The van der Waals surface area contributed by atoms with Crippen molar-refractivity contribution >= 4 is 53.3 Å². The normalized spacial score (nSPS) is 12.5. The Balaban J connectivity index is 1.70. The monoisotopic (exact) mass is 421 g/mol. The zero-order valence-corrected chi connectivity index (χ0v) is 18.9. The average molecular weight is 422 g/mol. The van der Waals surface area contributed by atoms with Crippen molar-refractivity contribution in [1.82, 2.24) is 4.98 Å². The number of furan rings is 1. The van der Waals surface area contributed by atoms with E-state index >= 15 is 0 Å². The van der Waals surface area contributed by atoms with E-state index in [1.54, 1.807) is 0 Å². The van der Waals surface area contributed by atoms with E-state index in [0.29, 0.717) is 0 Å². The highest BCUT2D eigenvalue weighted by Crippen LogP contribution is 2.43. The number of fused-ring (bicyclic) bond motifs is 6. The number of aryl methyl sites for hydroxylation is 1. The van der Waals surface area contributed by atoms with Crippen LogP contribution in [-0.4, -0.2) is 4.98 Å². The first-order valence-corrected chi connectivity index (χ1v) is 11.5. The third-order valence-corrected chi connectivity index (χ3v) is 7.38. The number of hydrogen-bond acceptors (Lipinski definition) is 3. The van der Waals surface area contributed by atoms with Gasteiger partial charge in [0.05, 0.1) is 10.4 Å². The molecule has 0 aliphatic rings. The number of benzene rings is 3. The Bertz CT molecular complexity index is 1630. The lowest BCUT2D eigenvalue weighted by Gasteiger charge is -2.22. The van der Waals surface area contributed by atoms with Crippen molar-refractivity contribution in [2.45, 2.75) is 33.1 Å². The first kappa shape index (κ1) is 18.6. The van der Waals surface area contributed by atoms with Crippen LogP contribution in [0, 0.1) is 6.92 Å². The fourth-order valence-corrected chi connectivity index (χ4v) is 5.99. The minimum absolute atomic E-state index is 0.0458. The summed E-state index contributed by atoms with van der Waals surface area (Å²) >= 11 is 1.82. The Morgan fingerprint density at radius 3 is 2.45 bits per heavy atom. The van der Waals surface area contributed by atoms with Gasteiger partial charge in [-0.1, -0.05) is 45.0 Å². The molecule has 0 amide bonds. The Morgan fingerprint density at radius 2 is 1.61 bits per heavy atom. The van der Waals surface area contributed by atoms with Gasteiger partial charge in [0.1, 0.15) is 11.3 Å². The lowest BCUT2D eigenvalue weighted by Crippen LogP contribution is -2.12. The summed E-state index contributed by atoms with van der Waals surface area (Å²) in [6, 6.07) is 21.9. The lowest BCUT2D eigenvalue weighted by atomic mass is 9.82. The molecular formula is C28H23NOS. The highest BCUT2D eigenvalue weighted by molar-refractivity contribution is 7.27. The maximum absolute atomic E-state index is 5.88. The van der Waals surface area contributed by atoms with Crippen LogP contribution < -0.4 is 0 Å². The number of aromatic nitrogens is 1. The second-order valence-electron chi connectivity index (χ2n) is 9.34. The van der Waals surface area contributed by atoms with Gasteiger partial charge in [-0.2, -0.15) is 0 Å². The van der Waals surface area contributed by atoms with E-state index in [0.717, 1.165) is 17.0 Å². The van der Waals surface area contributed by atoms with E-state index in [2.05, 4.69) is 81.4 Å². The molecule has 0 N–H and O–H groups in total. The van der Waals surface area contributed by atoms with Crippen LogP contribution in [-0.2, 0) is 5.41 Å². The second-order valence-corrected chi connectivity index (χ2v) is 10.4. The van der Waals surface area contributed by atoms with Gasteiger partial charge in [0, 0.05) is 32.6 Å². The van der Waals surface area contributed by atoms with Crippen LogP contribution in [0.15, 0.2) is 71.3 Å². The Hall–Kier alpha value is -3.17. The van der Waals surface area contributed by atoms with Crippen LogP contribution in [0.2, 0.25) is 0 Å². The number of nitrogens with zero attached hydrogens (tertiary/aromatic N) is 1. The molecule has 3 aromatic heterocycles. The second kappa shape index (κ2) is 6.41. The minimum Gasteiger partial charge on any atom is -0.461 e. The summed E-state index contributed by atoms with van der Waals surface area (Å²) in [5.74, 6) is 0.947. The van der Waals surface area contributed by atoms with Gasteiger partial charge in [-0.15, -0.1) is 11.3 Å². The third kappa shape index (κ3) is 2.80. The maximum Gasteiger partial charge on any atom is 0.135 e. The summed E-state index contributed by atoms with van der Waals surface area (Å²) in [6.07, 6.45) is 1.95. The van der Waals surface area contributed by atoms with Gasteiger partial charge in [-0.05, 0) is 65.1 Å². The summed E-state index contributed by atoms with van der Waals surface area (Å²) in [5.41, 5.74) is 4.59. The molecule has 0 fully saturated rings. The Labute approximate surface area is 185 Å². The molecule has 0 unspecified atom stereocenters. The first-order chi connectivity index (χ1) is 14.9. The topological polar surface area (TPSA) is 26.0 Å². The smallest absolute Gasteiger partial charge is 0.135 e. The molecule has 3 aromatic carbocycles. The molecule has 3 heteroatoms. The quantitative estimate of drug-likeness (QED) is 0.265. The van der Waals surface area contributed by atoms with E-state index in [9.17, 15) is 0 Å². The lowest BCUT2D eigenvalue weighted by molar-refractivity contribution is 0.579. The van der Waals surface area contributed by atoms with E-state index in [1.165, 1.54) is 47.5 Å². The number of rotatable bonds is 1. The van der Waals surface area contributed by atoms with Crippen molar-refractivity contribution < 1.29 is 4.42 Å². The van der Waals surface area contributed by atoms with Gasteiger partial charge in [0.25, 0.3) is 0 Å². The molecule has 0 radical (unpaired) electrons. The van der Waals surface area contributed by atoms with E-state index < -0.39 is 0 Å². The van der Waals surface area contributed by atoms with Crippen molar-refractivity contribution in [3.05, 3.63) is 78.2 Å². The van der Waals surface area contributed by atoms with Crippen LogP contribution >= 0.6 is 11.3 Å². The van der Waals surface area contributed by atoms with E-state index in [1.807, 2.05) is 24.5 Å². The fourth-order valence-electron chi connectivity index (χ4n) is 4.67. The number of pyridine rings is 1. The Kier molecular flexibility index (Phi) is 3.85. The molecule has 0 spiro atoms. The first-order valence-electron chi connectivity index (χ1n) is 10.6. The molecule has 0 bridgehead atoms. The van der Waals surface area contributed by atoms with E-state index in [-0.39, 0.29) is 5.41 Å². The molecule has 6 rings (SSSR count). The predicted octanol–water partition coefficient (Wildman–Crippen LogP) is 8.62. The predicted molar refractivity (Wildman–Crippen MR) is 133 cm³/mol. The van der Waals surface area contributed by atoms with Gasteiger partial charge in [0.15, 0.2) is 0 Å². The SMILES string of the molecule is Cc1cc2c(ccc3c4ccnc(-c5cc(C(C)(C)C)c6ccccc6c5)c4sc23)o1. The van der Waals surface area contributed by atoms with Gasteiger partial charge in [-0.25, -0.2) is 0 Å². The molecule has 0 atom stereocenters. The molecule has 3 heterocycles. The summed E-state index contributed by atoms with van der Waals surface area (Å²) in [4.78, 5) is 4.87. The Morgan fingerprint density at radius 1 is 0.806 bits per heavy atom. The van der Waals surface area contributed by atoms with Crippen molar-refractivity contribution in [2.75, 3.05) is 0 Å². The van der Waals surface area contributed by atoms with Gasteiger partial charge in [0.2, 0.25) is 0 Å². The van der Waals surface area contributed by atoms with Crippen molar-refractivity contribution in [3.63, 3.8) is 0 Å². The molecule has 0 aliphatic carbocycles. The molecule has 6 aromatic rings. The molecule has 0 aliphatic heterocycles. The third-order valence-electron chi connectivity index (χ3n) is 6.12. The van der Waals surface area contributed by atoms with Crippen molar-refractivity contribution in [2.24, 2.45) is 0 Å². The van der Waals surface area contributed by atoms with Crippen molar-refractivity contribution in [1.29, 1.82) is 0 Å². The zero-order chi connectivity index (χ0) is 21.3. The van der Waals surface area contributed by atoms with Crippen LogP contribution in [0.1, 0.15) is 32.1 Å². The molecule has 2 nitrogen and oxygen atoms in total. The van der Waals surface area contributed by atoms with Gasteiger partial charge >= 0.3 is 0 Å². The summed E-state index contributed by atoms with van der Waals surface area (Å²) in [7, 11) is 0. The molecular weight excluding hydrogens is 398 g/mol. The van der Waals surface area contributed by atoms with Crippen molar-refractivity contribution in [3.8, 4) is 11.3 Å². The number of hydrogen-bond donors (Lipinski definition) is 0. The highest BCUT2D eigenvalue weighted by atomic mass is 32.1. The van der Waals surface area contributed by atoms with Crippen LogP contribution in [0.3, 0.4) is 0 Å². The number of thiophene rings is 1. The summed E-state index contributed by atoms with van der Waals surface area (Å²) < 4.78 is 8.39. The van der Waals surface area contributed by atoms with Gasteiger partial charge in [-0.3, -0.25) is 4.98 Å². The van der Waals surface area contributed by atoms with E-state index in [4.69, 9.17) is 9.40 Å². The summed E-state index contributed by atoms with van der Waals surface area (Å²) in [6.45, 7) is 8.85. The zero-order valence-electron chi connectivity index (χ0n) is 18.1. The summed E-state index contributed by atoms with van der Waals surface area (Å²) in [5, 5.41) is 6.30. The average Bonchev–Trinajstić information content (AvgIpc) is 3.31. The highest BCUT2D eigenvalue weighted by Gasteiger charge is 2.20. The van der Waals surface area contributed by atoms with Crippen LogP contribution in [0.4, 0.5) is 0 Å².